The number of hydrogen-bond donors (Lipinski definition) is 7. The van der Waals surface area contributed by atoms with E-state index < -0.39 is 103 Å². The molecule has 7 N–H and O–H groups in total. The molecule has 318 valence electrons. The van der Waals surface area contributed by atoms with Gasteiger partial charge in [0, 0.05) is 25.9 Å². The second-order valence-electron chi connectivity index (χ2n) is 15.5. The average molecular weight is 817 g/mol. The number of aliphatic hydroxyl groups is 1. The second kappa shape index (κ2) is 20.7. The highest BCUT2D eigenvalue weighted by Gasteiger charge is 2.41. The van der Waals surface area contributed by atoms with Gasteiger partial charge in [0.1, 0.15) is 42.3 Å². The molecule has 3 saturated heterocycles. The van der Waals surface area contributed by atoms with Crippen molar-refractivity contribution in [1.82, 2.24) is 41.7 Å². The zero-order valence-corrected chi connectivity index (χ0v) is 33.8. The summed E-state index contributed by atoms with van der Waals surface area (Å²) in [7, 11) is 0. The van der Waals surface area contributed by atoms with Crippen LogP contribution in [-0.4, -0.2) is 131 Å². The first-order valence-electron chi connectivity index (χ1n) is 20.4. The SMILES string of the molecule is CC[C@H](C)[C@@H]1NC(=O)[C@@H]2CCCN2C(=O)CNC(=O)[C@H](Cc2ccccc2)NC(=O)[C@H](CO)NC(=O)[C@H](Cc2ccccc2)NC(=O)[C@@H]2CCCN2C(=O)[C@H](C)NC1=O. The van der Waals surface area contributed by atoms with Gasteiger partial charge in [0.2, 0.25) is 47.3 Å². The summed E-state index contributed by atoms with van der Waals surface area (Å²) in [6, 6.07) is 9.52. The van der Waals surface area contributed by atoms with E-state index in [0.717, 1.165) is 0 Å². The molecule has 8 atom stereocenters. The highest BCUT2D eigenvalue weighted by Crippen LogP contribution is 2.21. The molecular weight excluding hydrogens is 761 g/mol. The standard InChI is InChI=1S/C42H56N8O9/c1-4-25(2)35-41(58)44-26(3)42(59)50-20-12-18-33(50)39(56)46-30(22-28-15-9-6-10-16-28)37(54)47-31(24-51)38(55)45-29(21-27-13-7-5-8-14-27)36(53)43-23-34(52)49-19-11-17-32(49)40(57)48-35/h5-10,13-16,25-26,29-33,35,51H,4,11-12,17-24H2,1-3H3,(H,43,53)(H,44,58)(H,45,55)(H,46,56)(H,47,54)(H,48,57)/t25-,26-,29-,30-,31-,32-,33-,35-/m0/s1. The van der Waals surface area contributed by atoms with Crippen LogP contribution in [0.3, 0.4) is 0 Å². The predicted octanol–water partition coefficient (Wildman–Crippen LogP) is -0.934. The molecular formula is C42H56N8O9. The lowest BCUT2D eigenvalue weighted by Crippen LogP contribution is -2.61. The van der Waals surface area contributed by atoms with Crippen LogP contribution in [0.4, 0.5) is 0 Å². The molecule has 0 spiro atoms. The van der Waals surface area contributed by atoms with E-state index in [9.17, 15) is 43.5 Å². The molecule has 3 fully saturated rings. The van der Waals surface area contributed by atoms with Crippen LogP contribution < -0.4 is 31.9 Å². The van der Waals surface area contributed by atoms with Crippen molar-refractivity contribution in [2.45, 2.75) is 108 Å². The quantitative estimate of drug-likeness (QED) is 0.183. The summed E-state index contributed by atoms with van der Waals surface area (Å²) in [5.41, 5.74) is 1.35. The summed E-state index contributed by atoms with van der Waals surface area (Å²) in [6.45, 7) is 4.23. The highest BCUT2D eigenvalue weighted by atomic mass is 16.3. The summed E-state index contributed by atoms with van der Waals surface area (Å²) >= 11 is 0. The van der Waals surface area contributed by atoms with Crippen LogP contribution in [0.5, 0.6) is 0 Å². The molecule has 3 aliphatic rings. The number of benzene rings is 2. The lowest BCUT2D eigenvalue weighted by atomic mass is 9.97. The van der Waals surface area contributed by atoms with Gasteiger partial charge in [0.15, 0.2) is 0 Å². The van der Waals surface area contributed by atoms with Gasteiger partial charge in [-0.25, -0.2) is 0 Å². The third-order valence-corrected chi connectivity index (χ3v) is 11.3. The number of amides is 8. The zero-order chi connectivity index (χ0) is 42.6. The molecule has 0 unspecified atom stereocenters. The van der Waals surface area contributed by atoms with Crippen molar-refractivity contribution < 1.29 is 43.5 Å². The molecule has 0 aromatic heterocycles. The average Bonchev–Trinajstić information content (AvgIpc) is 3.94. The first-order valence-corrected chi connectivity index (χ1v) is 20.4. The maximum absolute atomic E-state index is 13.9. The normalized spacial score (nSPS) is 27.6. The number of fused-ring (bicyclic) bond motifs is 2. The maximum atomic E-state index is 13.9. The fourth-order valence-electron chi connectivity index (χ4n) is 7.72. The molecule has 2 aromatic carbocycles. The molecule has 17 nitrogen and oxygen atoms in total. The van der Waals surface area contributed by atoms with Crippen molar-refractivity contribution in [3.05, 3.63) is 71.8 Å². The van der Waals surface area contributed by atoms with E-state index >= 15 is 0 Å². The first-order chi connectivity index (χ1) is 28.3. The van der Waals surface area contributed by atoms with E-state index in [1.165, 1.54) is 16.7 Å². The van der Waals surface area contributed by atoms with E-state index in [-0.39, 0.29) is 38.3 Å². The Morgan fingerprint density at radius 2 is 1.12 bits per heavy atom. The number of aliphatic hydroxyl groups excluding tert-OH is 1. The maximum Gasteiger partial charge on any atom is 0.245 e. The lowest BCUT2D eigenvalue weighted by Gasteiger charge is -2.31. The van der Waals surface area contributed by atoms with Gasteiger partial charge in [0.25, 0.3) is 0 Å². The summed E-state index contributed by atoms with van der Waals surface area (Å²) in [4.78, 5) is 113. The third-order valence-electron chi connectivity index (χ3n) is 11.3. The van der Waals surface area contributed by atoms with E-state index in [1.807, 2.05) is 6.92 Å². The van der Waals surface area contributed by atoms with Crippen LogP contribution in [0.15, 0.2) is 60.7 Å². The van der Waals surface area contributed by atoms with Crippen LogP contribution in [0.2, 0.25) is 0 Å². The molecule has 0 saturated carbocycles. The Morgan fingerprint density at radius 1 is 0.627 bits per heavy atom. The molecule has 2 aromatic rings. The molecule has 3 heterocycles. The van der Waals surface area contributed by atoms with Gasteiger partial charge in [-0.2, -0.15) is 0 Å². The topological polar surface area (TPSA) is 235 Å². The molecule has 59 heavy (non-hydrogen) atoms. The Kier molecular flexibility index (Phi) is 15.6. The van der Waals surface area contributed by atoms with Gasteiger partial charge in [-0.15, -0.1) is 0 Å². The lowest BCUT2D eigenvalue weighted by molar-refractivity contribution is -0.143. The van der Waals surface area contributed by atoms with Crippen molar-refractivity contribution in [2.75, 3.05) is 26.2 Å². The van der Waals surface area contributed by atoms with E-state index in [2.05, 4.69) is 31.9 Å². The Labute approximate surface area is 343 Å². The van der Waals surface area contributed by atoms with E-state index in [4.69, 9.17) is 0 Å². The van der Waals surface area contributed by atoms with Crippen molar-refractivity contribution >= 4 is 47.3 Å². The summed E-state index contributed by atoms with van der Waals surface area (Å²) < 4.78 is 0. The number of carbonyl (C=O) groups excluding carboxylic acids is 8. The third kappa shape index (κ3) is 11.4. The number of nitrogens with one attached hydrogen (secondary N) is 6. The van der Waals surface area contributed by atoms with Crippen molar-refractivity contribution in [1.29, 1.82) is 0 Å². The van der Waals surface area contributed by atoms with Gasteiger partial charge in [-0.1, -0.05) is 80.9 Å². The minimum absolute atomic E-state index is 0.00102. The summed E-state index contributed by atoms with van der Waals surface area (Å²) in [6.07, 6.45) is 2.08. The molecule has 3 aliphatic heterocycles. The van der Waals surface area contributed by atoms with Crippen LogP contribution in [0.1, 0.15) is 64.0 Å². The highest BCUT2D eigenvalue weighted by molar-refractivity contribution is 5.98. The molecule has 0 bridgehead atoms. The summed E-state index contributed by atoms with van der Waals surface area (Å²) in [5.74, 6) is -5.62. The monoisotopic (exact) mass is 816 g/mol. The summed E-state index contributed by atoms with van der Waals surface area (Å²) in [5, 5.41) is 26.3. The first kappa shape index (κ1) is 44.3. The van der Waals surface area contributed by atoms with Gasteiger partial charge in [0.05, 0.1) is 13.2 Å². The van der Waals surface area contributed by atoms with Gasteiger partial charge in [-0.05, 0) is 49.7 Å². The van der Waals surface area contributed by atoms with Crippen LogP contribution in [-0.2, 0) is 51.2 Å². The number of hydrogen-bond acceptors (Lipinski definition) is 9. The van der Waals surface area contributed by atoms with Crippen LogP contribution in [0, 0.1) is 5.92 Å². The molecule has 0 radical (unpaired) electrons. The van der Waals surface area contributed by atoms with Gasteiger partial charge >= 0.3 is 0 Å². The molecule has 0 aliphatic carbocycles. The Morgan fingerprint density at radius 3 is 1.69 bits per heavy atom. The smallest absolute Gasteiger partial charge is 0.245 e. The number of rotatable bonds is 7. The van der Waals surface area contributed by atoms with Crippen molar-refractivity contribution in [2.24, 2.45) is 5.92 Å². The predicted molar refractivity (Wildman–Crippen MR) is 215 cm³/mol. The van der Waals surface area contributed by atoms with Crippen molar-refractivity contribution in [3.8, 4) is 0 Å². The Balaban J connectivity index is 1.47. The zero-order valence-electron chi connectivity index (χ0n) is 33.8. The Hall–Kier alpha value is -5.84. The van der Waals surface area contributed by atoms with Crippen LogP contribution >= 0.6 is 0 Å². The van der Waals surface area contributed by atoms with Crippen molar-refractivity contribution in [3.63, 3.8) is 0 Å². The largest absolute Gasteiger partial charge is 0.394 e. The molecule has 17 heteroatoms. The second-order valence-corrected chi connectivity index (χ2v) is 15.5. The van der Waals surface area contributed by atoms with E-state index in [0.29, 0.717) is 36.8 Å². The minimum Gasteiger partial charge on any atom is -0.394 e. The van der Waals surface area contributed by atoms with E-state index in [1.54, 1.807) is 67.6 Å². The fraction of sp³-hybridized carbons (Fsp3) is 0.524. The Bertz CT molecular complexity index is 1850. The van der Waals surface area contributed by atoms with Gasteiger partial charge in [-0.3, -0.25) is 38.4 Å². The number of nitrogens with zero attached hydrogens (tertiary/aromatic N) is 2. The van der Waals surface area contributed by atoms with Crippen LogP contribution in [0.25, 0.3) is 0 Å². The minimum atomic E-state index is -1.55. The molecule has 5 rings (SSSR count). The number of carbonyl (C=O) groups is 8. The van der Waals surface area contributed by atoms with Gasteiger partial charge < -0.3 is 46.8 Å². The molecule has 8 amide bonds. The fourth-order valence-corrected chi connectivity index (χ4v) is 7.72.